The molecule has 152 valence electrons. The molecule has 0 atom stereocenters. The molecule has 0 radical (unpaired) electrons. The van der Waals surface area contributed by atoms with Crippen LogP contribution in [0.4, 0.5) is 11.5 Å². The van der Waals surface area contributed by atoms with E-state index >= 15 is 0 Å². The van der Waals surface area contributed by atoms with Crippen LogP contribution in [0, 0.1) is 0 Å². The molecule has 2 aromatic heterocycles. The normalized spacial score (nSPS) is 10.9. The summed E-state index contributed by atoms with van der Waals surface area (Å²) in [4.78, 5) is 16.9. The van der Waals surface area contributed by atoms with E-state index in [0.29, 0.717) is 27.1 Å². The molecule has 0 fully saturated rings. The molecule has 10 heteroatoms. The van der Waals surface area contributed by atoms with Crippen molar-refractivity contribution in [1.29, 1.82) is 0 Å². The maximum Gasteiger partial charge on any atom is 0.264 e. The van der Waals surface area contributed by atoms with Crippen molar-refractivity contribution in [2.24, 2.45) is 0 Å². The third kappa shape index (κ3) is 4.17. The Morgan fingerprint density at radius 3 is 2.63 bits per heavy atom. The van der Waals surface area contributed by atoms with Crippen LogP contribution in [-0.2, 0) is 11.3 Å². The Hall–Kier alpha value is -3.30. The molecule has 4 aromatic rings. The first-order chi connectivity index (χ1) is 14.5. The minimum absolute atomic E-state index is 0.0678. The molecule has 0 aliphatic heterocycles. The van der Waals surface area contributed by atoms with E-state index in [1.165, 1.54) is 16.4 Å². The van der Waals surface area contributed by atoms with E-state index in [1.54, 1.807) is 24.3 Å². The Morgan fingerprint density at radius 2 is 1.93 bits per heavy atom. The first kappa shape index (κ1) is 20.0. The summed E-state index contributed by atoms with van der Waals surface area (Å²) in [6, 6.07) is 16.3. The number of nitrogens with two attached hydrogens (primary N) is 1. The van der Waals surface area contributed by atoms with Crippen molar-refractivity contribution in [1.82, 2.24) is 19.9 Å². The number of hydrogen-bond donors (Lipinski definition) is 2. The van der Waals surface area contributed by atoms with E-state index in [9.17, 15) is 4.79 Å². The van der Waals surface area contributed by atoms with Crippen molar-refractivity contribution in [2.75, 3.05) is 17.3 Å². The van der Waals surface area contributed by atoms with E-state index in [4.69, 9.17) is 21.9 Å². The minimum Gasteiger partial charge on any atom is -0.383 e. The van der Waals surface area contributed by atoms with Crippen molar-refractivity contribution in [3.05, 3.63) is 59.6 Å². The average molecular weight is 441 g/mol. The van der Waals surface area contributed by atoms with E-state index in [2.05, 4.69) is 20.6 Å². The molecule has 2 heterocycles. The molecular weight excluding hydrogens is 424 g/mol. The smallest absolute Gasteiger partial charge is 0.264 e. The zero-order valence-corrected chi connectivity index (χ0v) is 17.4. The standard InChI is InChI=1S/C20H17ClN6O2S/c1-30-20-16(19-24-18(26-29-19)12-5-3-2-4-6-12)17(22)27(25-20)11-15(28)23-14-9-7-13(21)8-10-14/h2-10H,11,22H2,1H3,(H,23,28). The second kappa shape index (κ2) is 8.60. The molecule has 0 bridgehead atoms. The van der Waals surface area contributed by atoms with E-state index in [0.717, 1.165) is 5.56 Å². The van der Waals surface area contributed by atoms with Crippen LogP contribution in [0.3, 0.4) is 0 Å². The van der Waals surface area contributed by atoms with Gasteiger partial charge in [0, 0.05) is 16.3 Å². The van der Waals surface area contributed by atoms with Gasteiger partial charge in [-0.15, -0.1) is 11.8 Å². The molecule has 0 unspecified atom stereocenters. The maximum atomic E-state index is 12.4. The largest absolute Gasteiger partial charge is 0.383 e. The lowest BCUT2D eigenvalue weighted by Gasteiger charge is -2.06. The number of nitrogens with one attached hydrogen (secondary N) is 1. The zero-order chi connectivity index (χ0) is 21.1. The predicted octanol–water partition coefficient (Wildman–Crippen LogP) is 4.20. The molecule has 8 nitrogen and oxygen atoms in total. The molecule has 2 aromatic carbocycles. The average Bonchev–Trinajstić information content (AvgIpc) is 3.35. The number of anilines is 2. The second-order valence-corrected chi connectivity index (χ2v) is 7.50. The molecular formula is C20H17ClN6O2S. The van der Waals surface area contributed by atoms with Crippen LogP contribution in [0.2, 0.25) is 5.02 Å². The highest BCUT2D eigenvalue weighted by Crippen LogP contribution is 2.34. The number of carbonyl (C=O) groups excluding carboxylic acids is 1. The molecule has 3 N–H and O–H groups in total. The van der Waals surface area contributed by atoms with Gasteiger partial charge in [-0.3, -0.25) is 4.79 Å². The summed E-state index contributed by atoms with van der Waals surface area (Å²) >= 11 is 7.25. The fourth-order valence-corrected chi connectivity index (χ4v) is 3.52. The highest BCUT2D eigenvalue weighted by Gasteiger charge is 2.23. The molecule has 0 spiro atoms. The van der Waals surface area contributed by atoms with Crippen LogP contribution < -0.4 is 11.1 Å². The number of rotatable bonds is 6. The number of carbonyl (C=O) groups is 1. The van der Waals surface area contributed by atoms with Gasteiger partial charge < -0.3 is 15.6 Å². The number of hydrogen-bond acceptors (Lipinski definition) is 7. The lowest BCUT2D eigenvalue weighted by atomic mass is 10.2. The highest BCUT2D eigenvalue weighted by atomic mass is 35.5. The fourth-order valence-electron chi connectivity index (χ4n) is 2.82. The van der Waals surface area contributed by atoms with Crippen LogP contribution in [0.1, 0.15) is 0 Å². The van der Waals surface area contributed by atoms with Crippen LogP contribution in [0.25, 0.3) is 22.8 Å². The van der Waals surface area contributed by atoms with Crippen molar-refractivity contribution in [3.8, 4) is 22.8 Å². The van der Waals surface area contributed by atoms with Crippen LogP contribution in [-0.4, -0.2) is 32.1 Å². The number of nitrogen functional groups attached to an aromatic ring is 1. The van der Waals surface area contributed by atoms with Gasteiger partial charge >= 0.3 is 0 Å². The maximum absolute atomic E-state index is 12.4. The summed E-state index contributed by atoms with van der Waals surface area (Å²) in [5, 5.41) is 12.4. The number of benzene rings is 2. The summed E-state index contributed by atoms with van der Waals surface area (Å²) in [5.41, 5.74) is 8.25. The predicted molar refractivity (Wildman–Crippen MR) is 117 cm³/mol. The van der Waals surface area contributed by atoms with Gasteiger partial charge in [0.25, 0.3) is 5.89 Å². The Kier molecular flexibility index (Phi) is 5.73. The van der Waals surface area contributed by atoms with Gasteiger partial charge in [-0.2, -0.15) is 10.1 Å². The van der Waals surface area contributed by atoms with Crippen LogP contribution >= 0.6 is 23.4 Å². The number of nitrogens with zero attached hydrogens (tertiary/aromatic N) is 4. The van der Waals surface area contributed by atoms with Crippen molar-refractivity contribution < 1.29 is 9.32 Å². The Morgan fingerprint density at radius 1 is 1.20 bits per heavy atom. The van der Waals surface area contributed by atoms with Crippen molar-refractivity contribution in [2.45, 2.75) is 11.6 Å². The highest BCUT2D eigenvalue weighted by molar-refractivity contribution is 7.98. The molecule has 4 rings (SSSR count). The fraction of sp³-hybridized carbons (Fsp3) is 0.100. The molecule has 30 heavy (non-hydrogen) atoms. The summed E-state index contributed by atoms with van der Waals surface area (Å²) in [6.07, 6.45) is 1.86. The van der Waals surface area contributed by atoms with E-state index in [1.807, 2.05) is 36.6 Å². The lowest BCUT2D eigenvalue weighted by Crippen LogP contribution is -2.20. The van der Waals surface area contributed by atoms with Crippen molar-refractivity contribution >= 4 is 40.8 Å². The summed E-state index contributed by atoms with van der Waals surface area (Å²) < 4.78 is 6.85. The number of halogens is 1. The van der Waals surface area contributed by atoms with E-state index < -0.39 is 0 Å². The monoisotopic (exact) mass is 440 g/mol. The topological polar surface area (TPSA) is 112 Å². The van der Waals surface area contributed by atoms with Gasteiger partial charge in [-0.05, 0) is 30.5 Å². The number of aromatic nitrogens is 4. The van der Waals surface area contributed by atoms with Gasteiger partial charge in [0.05, 0.1) is 0 Å². The number of thioether (sulfide) groups is 1. The van der Waals surface area contributed by atoms with Crippen LogP contribution in [0.15, 0.2) is 64.1 Å². The quantitative estimate of drug-likeness (QED) is 0.432. The molecule has 1 amide bonds. The van der Waals surface area contributed by atoms with Crippen molar-refractivity contribution in [3.63, 3.8) is 0 Å². The molecule has 0 saturated heterocycles. The van der Waals surface area contributed by atoms with Gasteiger partial charge in [-0.25, -0.2) is 4.68 Å². The van der Waals surface area contributed by atoms with Gasteiger partial charge in [0.2, 0.25) is 11.7 Å². The van der Waals surface area contributed by atoms with Gasteiger partial charge in [0.1, 0.15) is 23.0 Å². The van der Waals surface area contributed by atoms with Crippen LogP contribution in [0.5, 0.6) is 0 Å². The van der Waals surface area contributed by atoms with Gasteiger partial charge in [0.15, 0.2) is 0 Å². The third-order valence-electron chi connectivity index (χ3n) is 4.25. The second-order valence-electron chi connectivity index (χ2n) is 6.27. The Bertz CT molecular complexity index is 1170. The summed E-state index contributed by atoms with van der Waals surface area (Å²) in [7, 11) is 0. The lowest BCUT2D eigenvalue weighted by molar-refractivity contribution is -0.116. The zero-order valence-electron chi connectivity index (χ0n) is 15.9. The molecule has 0 aliphatic carbocycles. The Balaban J connectivity index is 1.58. The number of amides is 1. The summed E-state index contributed by atoms with van der Waals surface area (Å²) in [5.74, 6) is 0.695. The summed E-state index contributed by atoms with van der Waals surface area (Å²) in [6.45, 7) is -0.0678. The SMILES string of the molecule is CSc1nn(CC(=O)Nc2ccc(Cl)cc2)c(N)c1-c1nc(-c2ccccc2)no1. The first-order valence-corrected chi connectivity index (χ1v) is 10.5. The third-order valence-corrected chi connectivity index (χ3v) is 5.17. The molecule has 0 saturated carbocycles. The minimum atomic E-state index is -0.277. The Labute approximate surface area is 181 Å². The van der Waals surface area contributed by atoms with E-state index in [-0.39, 0.29) is 24.2 Å². The first-order valence-electron chi connectivity index (χ1n) is 8.90. The van der Waals surface area contributed by atoms with Gasteiger partial charge in [-0.1, -0.05) is 47.1 Å². The molecule has 0 aliphatic rings.